The van der Waals surface area contributed by atoms with Crippen LogP contribution in [-0.4, -0.2) is 49.4 Å². The molecular weight excluding hydrogens is 480 g/mol. The molecule has 0 aliphatic carbocycles. The minimum absolute atomic E-state index is 0.0515. The van der Waals surface area contributed by atoms with Gasteiger partial charge >= 0.3 is 0 Å². The van der Waals surface area contributed by atoms with Crippen molar-refractivity contribution < 1.29 is 18.3 Å². The van der Waals surface area contributed by atoms with Crippen LogP contribution >= 0.6 is 0 Å². The van der Waals surface area contributed by atoms with E-state index in [0.717, 1.165) is 25.3 Å². The highest BCUT2D eigenvalue weighted by Gasteiger charge is 2.27. The van der Waals surface area contributed by atoms with Gasteiger partial charge in [-0.2, -0.15) is 0 Å². The van der Waals surface area contributed by atoms with Gasteiger partial charge in [0.2, 0.25) is 0 Å². The number of rotatable bonds is 7. The molecule has 1 aliphatic rings. The Morgan fingerprint density at radius 3 is 2.76 bits per heavy atom. The third kappa shape index (κ3) is 4.19. The zero-order valence-corrected chi connectivity index (χ0v) is 20.1. The standard InChI is InChI=1S/C26H25F2N7O2/c1-36-13-19(32-24-22-26(30-14-29-24)34(15-31-22)20-9-5-6-12-37-20)25-33-18-11-10-17(27)21(28)23(18)35(25)16-7-3-2-4-8-16/h2-4,7-8,10-11,14-15,19-20H,5-6,9,12-13H2,1H3,(H,29,30,32). The van der Waals surface area contributed by atoms with Crippen LogP contribution < -0.4 is 5.32 Å². The molecule has 2 atom stereocenters. The van der Waals surface area contributed by atoms with E-state index in [0.29, 0.717) is 40.6 Å². The van der Waals surface area contributed by atoms with E-state index in [1.165, 1.54) is 12.4 Å². The second kappa shape index (κ2) is 9.83. The Labute approximate surface area is 211 Å². The van der Waals surface area contributed by atoms with Gasteiger partial charge in [0.1, 0.15) is 29.9 Å². The Hall–Kier alpha value is -3.96. The molecule has 37 heavy (non-hydrogen) atoms. The number of imidazole rings is 2. The summed E-state index contributed by atoms with van der Waals surface area (Å²) in [5.74, 6) is -0.999. The number of hydrogen-bond acceptors (Lipinski definition) is 7. The second-order valence-corrected chi connectivity index (χ2v) is 8.89. The van der Waals surface area contributed by atoms with E-state index in [4.69, 9.17) is 9.47 Å². The Kier molecular flexibility index (Phi) is 6.23. The molecular formula is C26H25F2N7O2. The Morgan fingerprint density at radius 2 is 1.97 bits per heavy atom. The molecule has 1 aliphatic heterocycles. The van der Waals surface area contributed by atoms with E-state index in [1.807, 2.05) is 34.9 Å². The monoisotopic (exact) mass is 505 g/mol. The normalized spacial score (nSPS) is 16.9. The largest absolute Gasteiger partial charge is 0.382 e. The number of hydrogen-bond donors (Lipinski definition) is 1. The molecule has 0 saturated carbocycles. The fraction of sp³-hybridized carbons (Fsp3) is 0.308. The lowest BCUT2D eigenvalue weighted by atomic mass is 10.2. The smallest absolute Gasteiger partial charge is 0.185 e. The van der Waals surface area contributed by atoms with Crippen LogP contribution in [0.4, 0.5) is 14.6 Å². The number of methoxy groups -OCH3 is 1. The number of aromatic nitrogens is 6. The fourth-order valence-electron chi connectivity index (χ4n) is 4.82. The first-order valence-electron chi connectivity index (χ1n) is 12.1. The number of fused-ring (bicyclic) bond motifs is 2. The highest BCUT2D eigenvalue weighted by molar-refractivity contribution is 5.83. The Balaban J connectivity index is 1.46. The molecule has 3 aromatic heterocycles. The molecule has 2 unspecified atom stereocenters. The summed E-state index contributed by atoms with van der Waals surface area (Å²) in [7, 11) is 1.56. The summed E-state index contributed by atoms with van der Waals surface area (Å²) >= 11 is 0. The van der Waals surface area contributed by atoms with Gasteiger partial charge in [-0.1, -0.05) is 18.2 Å². The number of benzene rings is 2. The lowest BCUT2D eigenvalue weighted by Crippen LogP contribution is -2.22. The maximum atomic E-state index is 15.1. The first kappa shape index (κ1) is 23.4. The fourth-order valence-corrected chi connectivity index (χ4v) is 4.82. The molecule has 1 saturated heterocycles. The molecule has 0 spiro atoms. The summed E-state index contributed by atoms with van der Waals surface area (Å²) in [4.78, 5) is 18.1. The van der Waals surface area contributed by atoms with Crippen molar-refractivity contribution in [3.8, 4) is 5.69 Å². The minimum atomic E-state index is -0.966. The Morgan fingerprint density at radius 1 is 1.11 bits per heavy atom. The molecule has 0 bridgehead atoms. The van der Waals surface area contributed by atoms with Crippen molar-refractivity contribution in [2.45, 2.75) is 31.5 Å². The number of anilines is 1. The second-order valence-electron chi connectivity index (χ2n) is 8.89. The van der Waals surface area contributed by atoms with Gasteiger partial charge in [-0.05, 0) is 43.5 Å². The molecule has 11 heteroatoms. The molecule has 0 amide bonds. The summed E-state index contributed by atoms with van der Waals surface area (Å²) in [5.41, 5.74) is 2.23. The van der Waals surface area contributed by atoms with Crippen LogP contribution in [0.3, 0.4) is 0 Å². The van der Waals surface area contributed by atoms with E-state index in [-0.39, 0.29) is 18.4 Å². The van der Waals surface area contributed by atoms with Crippen LogP contribution in [0, 0.1) is 11.6 Å². The summed E-state index contributed by atoms with van der Waals surface area (Å²) in [6, 6.07) is 11.1. The molecule has 9 nitrogen and oxygen atoms in total. The predicted molar refractivity (Wildman–Crippen MR) is 133 cm³/mol. The maximum Gasteiger partial charge on any atom is 0.185 e. The van der Waals surface area contributed by atoms with Crippen molar-refractivity contribution in [2.24, 2.45) is 0 Å². The summed E-state index contributed by atoms with van der Waals surface area (Å²) in [6.45, 7) is 0.876. The number of ether oxygens (including phenoxy) is 2. The van der Waals surface area contributed by atoms with Crippen LogP contribution in [0.1, 0.15) is 37.4 Å². The molecule has 190 valence electrons. The van der Waals surface area contributed by atoms with Gasteiger partial charge in [0.05, 0.1) is 18.5 Å². The van der Waals surface area contributed by atoms with Crippen molar-refractivity contribution in [1.29, 1.82) is 0 Å². The SMILES string of the molecule is COCC(Nc1ncnc2c1ncn2C1CCCCO1)c1nc2ccc(F)c(F)c2n1-c1ccccc1. The maximum absolute atomic E-state index is 15.1. The van der Waals surface area contributed by atoms with Gasteiger partial charge in [-0.15, -0.1) is 0 Å². The van der Waals surface area contributed by atoms with Gasteiger partial charge in [0.15, 0.2) is 28.6 Å². The molecule has 4 heterocycles. The van der Waals surface area contributed by atoms with Gasteiger partial charge in [0, 0.05) is 19.4 Å². The summed E-state index contributed by atoms with van der Waals surface area (Å²) in [5, 5.41) is 3.37. The third-order valence-electron chi connectivity index (χ3n) is 6.53. The predicted octanol–water partition coefficient (Wildman–Crippen LogP) is 4.94. The van der Waals surface area contributed by atoms with Crippen LogP contribution in [0.25, 0.3) is 27.9 Å². The molecule has 1 N–H and O–H groups in total. The van der Waals surface area contributed by atoms with Crippen LogP contribution in [0.15, 0.2) is 55.1 Å². The number of nitrogens with zero attached hydrogens (tertiary/aromatic N) is 6. The number of nitrogens with one attached hydrogen (secondary N) is 1. The quantitative estimate of drug-likeness (QED) is 0.335. The first-order chi connectivity index (χ1) is 18.2. The van der Waals surface area contributed by atoms with Crippen molar-refractivity contribution in [1.82, 2.24) is 29.1 Å². The van der Waals surface area contributed by atoms with E-state index >= 15 is 4.39 Å². The topological polar surface area (TPSA) is 91.9 Å². The van der Waals surface area contributed by atoms with E-state index in [1.54, 1.807) is 18.0 Å². The van der Waals surface area contributed by atoms with Crippen molar-refractivity contribution in [3.05, 3.63) is 72.6 Å². The molecule has 0 radical (unpaired) electrons. The average Bonchev–Trinajstić information content (AvgIpc) is 3.55. The molecule has 1 fully saturated rings. The van der Waals surface area contributed by atoms with Gasteiger partial charge in [-0.25, -0.2) is 28.7 Å². The number of halogens is 2. The lowest BCUT2D eigenvalue weighted by Gasteiger charge is -2.24. The zero-order valence-electron chi connectivity index (χ0n) is 20.1. The van der Waals surface area contributed by atoms with Crippen LogP contribution in [0.5, 0.6) is 0 Å². The first-order valence-corrected chi connectivity index (χ1v) is 12.1. The van der Waals surface area contributed by atoms with Crippen molar-refractivity contribution >= 4 is 28.0 Å². The van der Waals surface area contributed by atoms with Crippen molar-refractivity contribution in [2.75, 3.05) is 25.6 Å². The minimum Gasteiger partial charge on any atom is -0.382 e. The van der Waals surface area contributed by atoms with Crippen molar-refractivity contribution in [3.63, 3.8) is 0 Å². The van der Waals surface area contributed by atoms with Gasteiger partial charge in [-0.3, -0.25) is 9.13 Å². The van der Waals surface area contributed by atoms with Crippen LogP contribution in [0.2, 0.25) is 0 Å². The highest BCUT2D eigenvalue weighted by Crippen LogP contribution is 2.32. The summed E-state index contributed by atoms with van der Waals surface area (Å²) in [6.07, 6.45) is 6.04. The highest BCUT2D eigenvalue weighted by atomic mass is 19.2. The number of para-hydroxylation sites is 1. The van der Waals surface area contributed by atoms with E-state index in [2.05, 4.69) is 25.3 Å². The summed E-state index contributed by atoms with van der Waals surface area (Å²) < 4.78 is 44.3. The third-order valence-corrected chi connectivity index (χ3v) is 6.53. The van der Waals surface area contributed by atoms with E-state index < -0.39 is 17.7 Å². The Bertz CT molecular complexity index is 1550. The average molecular weight is 506 g/mol. The molecule has 2 aromatic carbocycles. The molecule has 6 rings (SSSR count). The van der Waals surface area contributed by atoms with E-state index in [9.17, 15) is 4.39 Å². The van der Waals surface area contributed by atoms with Gasteiger partial charge in [0.25, 0.3) is 0 Å². The molecule has 5 aromatic rings. The van der Waals surface area contributed by atoms with Gasteiger partial charge < -0.3 is 14.8 Å². The lowest BCUT2D eigenvalue weighted by molar-refractivity contribution is -0.0298. The zero-order chi connectivity index (χ0) is 25.4. The van der Waals surface area contributed by atoms with Crippen LogP contribution in [-0.2, 0) is 9.47 Å².